The Kier molecular flexibility index (Phi) is 6.05. The lowest BCUT2D eigenvalue weighted by Crippen LogP contribution is -2.25. The molecule has 0 fully saturated rings. The van der Waals surface area contributed by atoms with E-state index in [4.69, 9.17) is 5.11 Å². The predicted molar refractivity (Wildman–Crippen MR) is 81.4 cm³/mol. The molecule has 1 aromatic rings. The van der Waals surface area contributed by atoms with Gasteiger partial charge in [0, 0.05) is 24.1 Å². The molecule has 19 heavy (non-hydrogen) atoms. The highest BCUT2D eigenvalue weighted by Crippen LogP contribution is 2.08. The number of nitrogens with zero attached hydrogens (tertiary/aromatic N) is 1. The summed E-state index contributed by atoms with van der Waals surface area (Å²) in [6.45, 7) is 4.25. The van der Waals surface area contributed by atoms with Gasteiger partial charge in [0.2, 0.25) is 0 Å². The lowest BCUT2D eigenvalue weighted by Gasteiger charge is -2.14. The first-order chi connectivity index (χ1) is 8.98. The molecular weight excluding hydrogens is 260 g/mol. The molecule has 2 N–H and O–H groups in total. The van der Waals surface area contributed by atoms with Crippen LogP contribution in [0, 0.1) is 0 Å². The maximum atomic E-state index is 11.7. The van der Waals surface area contributed by atoms with Gasteiger partial charge in [0.1, 0.15) is 0 Å². The number of nitrogens with one attached hydrogen (secondary N) is 1. The van der Waals surface area contributed by atoms with Crippen LogP contribution in [-0.4, -0.2) is 41.7 Å². The molecule has 0 radical (unpaired) electrons. The molecule has 1 amide bonds. The van der Waals surface area contributed by atoms with Crippen molar-refractivity contribution in [3.8, 4) is 0 Å². The van der Waals surface area contributed by atoms with Gasteiger partial charge in [-0.2, -0.15) is 12.6 Å². The number of hydrogen-bond donors (Lipinski definition) is 3. The molecule has 0 saturated heterocycles. The number of amides is 1. The average Bonchev–Trinajstić information content (AvgIpc) is 2.43. The normalized spacial score (nSPS) is 11.8. The summed E-state index contributed by atoms with van der Waals surface area (Å²) in [5.74, 6) is 0.514. The Morgan fingerprint density at radius 2 is 2.05 bits per heavy atom. The number of benzene rings is 1. The van der Waals surface area contributed by atoms with E-state index in [0.29, 0.717) is 17.9 Å². The Hall–Kier alpha value is -1.33. The molecule has 0 unspecified atom stereocenters. The number of hydrogen-bond acceptors (Lipinski definition) is 4. The molecule has 4 nitrogen and oxygen atoms in total. The Labute approximate surface area is 119 Å². The second-order valence-corrected chi connectivity index (χ2v) is 5.28. The smallest absolute Gasteiger partial charge is 0.251 e. The van der Waals surface area contributed by atoms with Crippen molar-refractivity contribution in [2.45, 2.75) is 19.4 Å². The molecule has 0 aliphatic rings. The van der Waals surface area contributed by atoms with Crippen molar-refractivity contribution in [1.82, 2.24) is 5.32 Å². The fourth-order valence-electron chi connectivity index (χ4n) is 1.28. The number of carbonyl (C=O) groups excluding carboxylic acids is 1. The van der Waals surface area contributed by atoms with Gasteiger partial charge in [-0.05, 0) is 31.5 Å². The van der Waals surface area contributed by atoms with E-state index in [9.17, 15) is 4.79 Å². The Bertz CT molecular complexity index is 441. The summed E-state index contributed by atoms with van der Waals surface area (Å²) in [7, 11) is 0. The number of aliphatic hydroxyl groups excluding tert-OH is 1. The second kappa shape index (κ2) is 7.31. The van der Waals surface area contributed by atoms with Gasteiger partial charge in [-0.25, -0.2) is 0 Å². The van der Waals surface area contributed by atoms with Crippen LogP contribution < -0.4 is 5.32 Å². The predicted octanol–water partition coefficient (Wildman–Crippen LogP) is 1.54. The molecule has 104 valence electrons. The lowest BCUT2D eigenvalue weighted by molar-refractivity contribution is 0.0956. The first-order valence-electron chi connectivity index (χ1n) is 6.14. The van der Waals surface area contributed by atoms with Crippen molar-refractivity contribution in [3.63, 3.8) is 0 Å². The van der Waals surface area contributed by atoms with Gasteiger partial charge in [-0.3, -0.25) is 9.79 Å². The Morgan fingerprint density at radius 1 is 1.42 bits per heavy atom. The van der Waals surface area contributed by atoms with E-state index < -0.39 is 5.54 Å². The molecule has 0 spiro atoms. The van der Waals surface area contributed by atoms with E-state index in [2.05, 4.69) is 22.9 Å². The van der Waals surface area contributed by atoms with Crippen LogP contribution in [0.3, 0.4) is 0 Å². The molecule has 0 aromatic heterocycles. The highest BCUT2D eigenvalue weighted by atomic mass is 32.1. The minimum Gasteiger partial charge on any atom is -0.394 e. The molecule has 0 heterocycles. The van der Waals surface area contributed by atoms with Crippen LogP contribution in [0.1, 0.15) is 29.8 Å². The zero-order valence-electron chi connectivity index (χ0n) is 11.3. The van der Waals surface area contributed by atoms with Crippen molar-refractivity contribution < 1.29 is 9.90 Å². The van der Waals surface area contributed by atoms with Gasteiger partial charge in [-0.1, -0.05) is 12.1 Å². The third-order valence-corrected chi connectivity index (χ3v) is 2.74. The summed E-state index contributed by atoms with van der Waals surface area (Å²) in [6, 6.07) is 7.15. The summed E-state index contributed by atoms with van der Waals surface area (Å²) < 4.78 is 0. The third kappa shape index (κ3) is 5.44. The molecule has 0 aliphatic carbocycles. The summed E-state index contributed by atoms with van der Waals surface area (Å²) in [6.07, 6.45) is 1.70. The van der Waals surface area contributed by atoms with Crippen LogP contribution >= 0.6 is 12.6 Å². The number of thiol groups is 1. The minimum absolute atomic E-state index is 0.00623. The van der Waals surface area contributed by atoms with Crippen molar-refractivity contribution in [2.75, 3.05) is 18.9 Å². The summed E-state index contributed by atoms with van der Waals surface area (Å²) in [5.41, 5.74) is 1.02. The van der Waals surface area contributed by atoms with E-state index in [1.165, 1.54) is 0 Å². The SMILES string of the molecule is CC(C)(CO)N=Cc1ccc(C(=O)NCCS)cc1. The quantitative estimate of drug-likeness (QED) is 0.547. The van der Waals surface area contributed by atoms with Crippen LogP contribution in [0.2, 0.25) is 0 Å². The van der Waals surface area contributed by atoms with Crippen molar-refractivity contribution in [3.05, 3.63) is 35.4 Å². The van der Waals surface area contributed by atoms with Crippen LogP contribution in [0.15, 0.2) is 29.3 Å². The van der Waals surface area contributed by atoms with E-state index in [1.54, 1.807) is 18.3 Å². The monoisotopic (exact) mass is 280 g/mol. The van der Waals surface area contributed by atoms with Gasteiger partial charge < -0.3 is 10.4 Å². The summed E-state index contributed by atoms with van der Waals surface area (Å²) in [5, 5.41) is 11.8. The van der Waals surface area contributed by atoms with E-state index >= 15 is 0 Å². The zero-order valence-corrected chi connectivity index (χ0v) is 12.2. The molecule has 1 rings (SSSR count). The Morgan fingerprint density at radius 3 is 2.58 bits per heavy atom. The fourth-order valence-corrected chi connectivity index (χ4v) is 1.39. The number of rotatable bonds is 6. The fraction of sp³-hybridized carbons (Fsp3) is 0.429. The maximum absolute atomic E-state index is 11.7. The Balaban J connectivity index is 2.69. The number of aliphatic hydroxyl groups is 1. The molecule has 5 heteroatoms. The van der Waals surface area contributed by atoms with Crippen molar-refractivity contribution in [2.24, 2.45) is 4.99 Å². The standard InChI is InChI=1S/C14H20N2O2S/c1-14(2,10-17)16-9-11-3-5-12(6-4-11)13(18)15-7-8-19/h3-6,9,17,19H,7-8,10H2,1-2H3,(H,15,18). The highest BCUT2D eigenvalue weighted by Gasteiger charge is 2.12. The second-order valence-electron chi connectivity index (χ2n) is 4.83. The van der Waals surface area contributed by atoms with E-state index in [0.717, 1.165) is 5.56 Å². The summed E-state index contributed by atoms with van der Waals surface area (Å²) in [4.78, 5) is 15.9. The first kappa shape index (κ1) is 15.7. The molecule has 0 saturated carbocycles. The van der Waals surface area contributed by atoms with E-state index in [-0.39, 0.29) is 12.5 Å². The van der Waals surface area contributed by atoms with Crippen LogP contribution in [0.25, 0.3) is 0 Å². The highest BCUT2D eigenvalue weighted by molar-refractivity contribution is 7.80. The summed E-state index contributed by atoms with van der Waals surface area (Å²) >= 11 is 4.04. The maximum Gasteiger partial charge on any atom is 0.251 e. The van der Waals surface area contributed by atoms with Crippen molar-refractivity contribution in [1.29, 1.82) is 0 Å². The van der Waals surface area contributed by atoms with Crippen LogP contribution in [0.4, 0.5) is 0 Å². The zero-order chi connectivity index (χ0) is 14.3. The van der Waals surface area contributed by atoms with Crippen LogP contribution in [0.5, 0.6) is 0 Å². The molecule has 0 aliphatic heterocycles. The van der Waals surface area contributed by atoms with Crippen molar-refractivity contribution >= 4 is 24.8 Å². The molecule has 1 aromatic carbocycles. The van der Waals surface area contributed by atoms with Gasteiger partial charge in [0.15, 0.2) is 0 Å². The first-order valence-corrected chi connectivity index (χ1v) is 6.77. The lowest BCUT2D eigenvalue weighted by atomic mass is 10.1. The molecule has 0 bridgehead atoms. The van der Waals surface area contributed by atoms with E-state index in [1.807, 2.05) is 26.0 Å². The van der Waals surface area contributed by atoms with Gasteiger partial charge in [-0.15, -0.1) is 0 Å². The molecule has 0 atom stereocenters. The van der Waals surface area contributed by atoms with Gasteiger partial charge in [0.05, 0.1) is 12.1 Å². The topological polar surface area (TPSA) is 61.7 Å². The molecular formula is C14H20N2O2S. The number of aliphatic imine (C=N–C) groups is 1. The third-order valence-electron chi connectivity index (χ3n) is 2.52. The minimum atomic E-state index is -0.484. The van der Waals surface area contributed by atoms with Crippen LogP contribution in [-0.2, 0) is 0 Å². The largest absolute Gasteiger partial charge is 0.394 e. The number of carbonyl (C=O) groups is 1. The van der Waals surface area contributed by atoms with Gasteiger partial charge in [0.25, 0.3) is 5.91 Å². The average molecular weight is 280 g/mol. The van der Waals surface area contributed by atoms with Gasteiger partial charge >= 0.3 is 0 Å².